The summed E-state index contributed by atoms with van der Waals surface area (Å²) in [5.74, 6) is 0.763. The van der Waals surface area contributed by atoms with Crippen LogP contribution in [0.4, 0.5) is 17.2 Å². The lowest BCUT2D eigenvalue weighted by molar-refractivity contribution is 1.08. The quantitative estimate of drug-likeness (QED) is 0.337. The molecule has 0 atom stereocenters. The SMILES string of the molecule is CN(C)c1ccc(Nc2ncnc3c2c(-c2ccccc2)cn3-c2ccc(Cl)cc2)cc1. The fraction of sp³-hybridized carbons (Fsp3) is 0.0769. The van der Waals surface area contributed by atoms with E-state index in [2.05, 4.69) is 67.3 Å². The van der Waals surface area contributed by atoms with Gasteiger partial charge in [0, 0.05) is 47.9 Å². The van der Waals surface area contributed by atoms with E-state index in [1.165, 1.54) is 0 Å². The number of rotatable bonds is 5. The van der Waals surface area contributed by atoms with E-state index >= 15 is 0 Å². The van der Waals surface area contributed by atoms with Gasteiger partial charge in [-0.1, -0.05) is 41.9 Å². The van der Waals surface area contributed by atoms with Gasteiger partial charge in [-0.3, -0.25) is 0 Å². The fourth-order valence-corrected chi connectivity index (χ4v) is 3.90. The van der Waals surface area contributed by atoms with Crippen molar-refractivity contribution in [3.63, 3.8) is 0 Å². The molecule has 0 unspecified atom stereocenters. The molecular weight excluding hydrogens is 418 g/mol. The molecule has 0 saturated carbocycles. The van der Waals surface area contributed by atoms with Crippen LogP contribution >= 0.6 is 11.6 Å². The van der Waals surface area contributed by atoms with Gasteiger partial charge in [-0.05, 0) is 54.1 Å². The topological polar surface area (TPSA) is 46.0 Å². The van der Waals surface area contributed by atoms with Crippen molar-refractivity contribution in [1.82, 2.24) is 14.5 Å². The summed E-state index contributed by atoms with van der Waals surface area (Å²) in [6, 6.07) is 26.3. The van der Waals surface area contributed by atoms with Crippen LogP contribution in [0.5, 0.6) is 0 Å². The number of nitrogens with zero attached hydrogens (tertiary/aromatic N) is 4. The van der Waals surface area contributed by atoms with E-state index in [1.807, 2.05) is 56.6 Å². The van der Waals surface area contributed by atoms with E-state index in [0.29, 0.717) is 5.02 Å². The predicted molar refractivity (Wildman–Crippen MR) is 133 cm³/mol. The molecule has 0 fully saturated rings. The molecule has 6 heteroatoms. The summed E-state index contributed by atoms with van der Waals surface area (Å²) in [5, 5.41) is 5.16. The van der Waals surface area contributed by atoms with Crippen molar-refractivity contribution in [2.24, 2.45) is 0 Å². The number of benzene rings is 3. The molecular formula is C26H22ClN5. The number of aromatic nitrogens is 3. The molecule has 3 aromatic carbocycles. The Morgan fingerprint density at radius 3 is 2.25 bits per heavy atom. The third-order valence-corrected chi connectivity index (χ3v) is 5.67. The molecule has 1 N–H and O–H groups in total. The zero-order chi connectivity index (χ0) is 22.1. The molecule has 0 aliphatic heterocycles. The first-order chi connectivity index (χ1) is 15.6. The Balaban J connectivity index is 1.67. The first-order valence-corrected chi connectivity index (χ1v) is 10.7. The van der Waals surface area contributed by atoms with Crippen LogP contribution in [0.15, 0.2) is 91.4 Å². The highest BCUT2D eigenvalue weighted by atomic mass is 35.5. The van der Waals surface area contributed by atoms with E-state index in [4.69, 9.17) is 11.6 Å². The van der Waals surface area contributed by atoms with Gasteiger partial charge < -0.3 is 14.8 Å². The maximum Gasteiger partial charge on any atom is 0.150 e. The van der Waals surface area contributed by atoms with Crippen LogP contribution < -0.4 is 10.2 Å². The summed E-state index contributed by atoms with van der Waals surface area (Å²) < 4.78 is 2.08. The van der Waals surface area contributed by atoms with Crippen molar-refractivity contribution >= 4 is 39.8 Å². The van der Waals surface area contributed by atoms with E-state index in [-0.39, 0.29) is 0 Å². The number of hydrogen-bond donors (Lipinski definition) is 1. The van der Waals surface area contributed by atoms with E-state index in [9.17, 15) is 0 Å². The summed E-state index contributed by atoms with van der Waals surface area (Å²) in [6.07, 6.45) is 3.71. The molecule has 0 aliphatic rings. The van der Waals surface area contributed by atoms with Gasteiger partial charge in [-0.15, -0.1) is 0 Å². The Morgan fingerprint density at radius 2 is 1.56 bits per heavy atom. The molecule has 0 saturated heterocycles. The van der Waals surface area contributed by atoms with E-state index in [1.54, 1.807) is 6.33 Å². The van der Waals surface area contributed by atoms with E-state index < -0.39 is 0 Å². The average Bonchev–Trinajstić information content (AvgIpc) is 3.21. The smallest absolute Gasteiger partial charge is 0.150 e. The fourth-order valence-electron chi connectivity index (χ4n) is 3.77. The largest absolute Gasteiger partial charge is 0.378 e. The molecule has 2 aromatic heterocycles. The molecule has 5 aromatic rings. The zero-order valence-electron chi connectivity index (χ0n) is 17.8. The van der Waals surface area contributed by atoms with Crippen molar-refractivity contribution in [2.45, 2.75) is 0 Å². The summed E-state index contributed by atoms with van der Waals surface area (Å²) in [7, 11) is 4.06. The van der Waals surface area contributed by atoms with Gasteiger partial charge in [0.2, 0.25) is 0 Å². The summed E-state index contributed by atoms with van der Waals surface area (Å²) in [5.41, 5.74) is 6.08. The Labute approximate surface area is 191 Å². The second-order valence-electron chi connectivity index (χ2n) is 7.74. The Morgan fingerprint density at radius 1 is 0.844 bits per heavy atom. The molecule has 32 heavy (non-hydrogen) atoms. The Bertz CT molecular complexity index is 1360. The summed E-state index contributed by atoms with van der Waals surface area (Å²) in [4.78, 5) is 11.3. The average molecular weight is 440 g/mol. The van der Waals surface area contributed by atoms with Gasteiger partial charge in [0.1, 0.15) is 12.1 Å². The van der Waals surface area contributed by atoms with Crippen LogP contribution in [-0.4, -0.2) is 28.6 Å². The van der Waals surface area contributed by atoms with Crippen LogP contribution in [-0.2, 0) is 0 Å². The zero-order valence-corrected chi connectivity index (χ0v) is 18.6. The minimum Gasteiger partial charge on any atom is -0.378 e. The van der Waals surface area contributed by atoms with Crippen LogP contribution in [0.25, 0.3) is 27.8 Å². The third-order valence-electron chi connectivity index (χ3n) is 5.42. The Hall–Kier alpha value is -3.83. The standard InChI is InChI=1S/C26H22ClN5/c1-31(2)21-14-10-20(11-15-21)30-25-24-23(18-6-4-3-5-7-18)16-32(26(24)29-17-28-25)22-12-8-19(27)9-13-22/h3-17H,1-2H3,(H,28,29,30). The van der Waals surface area contributed by atoms with Gasteiger partial charge in [-0.2, -0.15) is 0 Å². The molecule has 158 valence electrons. The van der Waals surface area contributed by atoms with Gasteiger partial charge in [-0.25, -0.2) is 9.97 Å². The van der Waals surface area contributed by atoms with Crippen LogP contribution in [0.1, 0.15) is 0 Å². The molecule has 0 bridgehead atoms. The second kappa shape index (κ2) is 8.36. The first-order valence-electron chi connectivity index (χ1n) is 10.3. The number of fused-ring (bicyclic) bond motifs is 1. The second-order valence-corrected chi connectivity index (χ2v) is 8.18. The molecule has 0 spiro atoms. The third kappa shape index (κ3) is 3.79. The first kappa shape index (κ1) is 20.1. The lowest BCUT2D eigenvalue weighted by atomic mass is 10.1. The van der Waals surface area contributed by atoms with Crippen LogP contribution in [0.2, 0.25) is 5.02 Å². The minimum absolute atomic E-state index is 0.701. The van der Waals surface area contributed by atoms with Gasteiger partial charge >= 0.3 is 0 Å². The molecule has 0 amide bonds. The van der Waals surface area contributed by atoms with Crippen molar-refractivity contribution in [3.8, 4) is 16.8 Å². The summed E-state index contributed by atoms with van der Waals surface area (Å²) in [6.45, 7) is 0. The molecule has 0 aliphatic carbocycles. The molecule has 5 nitrogen and oxygen atoms in total. The lowest BCUT2D eigenvalue weighted by Crippen LogP contribution is -2.08. The number of anilines is 3. The summed E-state index contributed by atoms with van der Waals surface area (Å²) >= 11 is 6.12. The van der Waals surface area contributed by atoms with E-state index in [0.717, 1.165) is 45.0 Å². The molecule has 5 rings (SSSR count). The van der Waals surface area contributed by atoms with Gasteiger partial charge in [0.25, 0.3) is 0 Å². The highest BCUT2D eigenvalue weighted by molar-refractivity contribution is 6.30. The normalized spacial score (nSPS) is 11.0. The van der Waals surface area contributed by atoms with Crippen molar-refractivity contribution in [1.29, 1.82) is 0 Å². The molecule has 0 radical (unpaired) electrons. The van der Waals surface area contributed by atoms with Gasteiger partial charge in [0.15, 0.2) is 5.65 Å². The maximum absolute atomic E-state index is 6.12. The Kier molecular flexibility index (Phi) is 5.25. The number of hydrogen-bond acceptors (Lipinski definition) is 4. The van der Waals surface area contributed by atoms with Crippen LogP contribution in [0, 0.1) is 0 Å². The number of halogens is 1. The maximum atomic E-state index is 6.12. The number of nitrogens with one attached hydrogen (secondary N) is 1. The van der Waals surface area contributed by atoms with Crippen LogP contribution in [0.3, 0.4) is 0 Å². The van der Waals surface area contributed by atoms with Crippen molar-refractivity contribution in [2.75, 3.05) is 24.3 Å². The lowest BCUT2D eigenvalue weighted by Gasteiger charge is -2.13. The highest BCUT2D eigenvalue weighted by Gasteiger charge is 2.17. The highest BCUT2D eigenvalue weighted by Crippen LogP contribution is 2.36. The molecule has 2 heterocycles. The monoisotopic (exact) mass is 439 g/mol. The predicted octanol–water partition coefficient (Wildman–Crippen LogP) is 6.55. The van der Waals surface area contributed by atoms with Crippen molar-refractivity contribution < 1.29 is 0 Å². The minimum atomic E-state index is 0.701. The van der Waals surface area contributed by atoms with Crippen molar-refractivity contribution in [3.05, 3.63) is 96.4 Å². The van der Waals surface area contributed by atoms with Gasteiger partial charge in [0.05, 0.1) is 5.39 Å².